The van der Waals surface area contributed by atoms with Gasteiger partial charge in [-0.25, -0.2) is 0 Å². The van der Waals surface area contributed by atoms with E-state index in [0.717, 1.165) is 32.7 Å². The van der Waals surface area contributed by atoms with Crippen molar-refractivity contribution in [2.75, 3.05) is 26.2 Å². The Labute approximate surface area is 142 Å². The number of hydrogen-bond donors (Lipinski definition) is 1. The van der Waals surface area contributed by atoms with Gasteiger partial charge in [-0.3, -0.25) is 9.69 Å². The van der Waals surface area contributed by atoms with Crippen LogP contribution >= 0.6 is 15.9 Å². The number of piperazine rings is 1. The maximum Gasteiger partial charge on any atom is 0.293 e. The van der Waals surface area contributed by atoms with Gasteiger partial charge in [-0.1, -0.05) is 28.1 Å². The van der Waals surface area contributed by atoms with Gasteiger partial charge < -0.3 is 10.1 Å². The lowest BCUT2D eigenvalue weighted by Gasteiger charge is -2.27. The first-order valence-electron chi connectivity index (χ1n) is 7.62. The van der Waals surface area contributed by atoms with Crippen LogP contribution in [-0.2, 0) is 16.1 Å². The Kier molecular flexibility index (Phi) is 8.07. The third-order valence-electron chi connectivity index (χ3n) is 3.39. The molecule has 1 fully saturated rings. The third-order valence-corrected chi connectivity index (χ3v) is 4.24. The molecule has 1 aromatic carbocycles. The highest BCUT2D eigenvalue weighted by Gasteiger charge is 2.11. The second-order valence-electron chi connectivity index (χ2n) is 6.38. The number of carbonyl (C=O) groups is 1. The zero-order valence-corrected chi connectivity index (χ0v) is 15.6. The molecule has 0 saturated carbocycles. The van der Waals surface area contributed by atoms with Gasteiger partial charge in [0.25, 0.3) is 6.47 Å². The maximum atomic E-state index is 9.60. The van der Waals surface area contributed by atoms with Gasteiger partial charge in [0.15, 0.2) is 0 Å². The summed E-state index contributed by atoms with van der Waals surface area (Å²) in [7, 11) is 0. The highest BCUT2D eigenvalue weighted by atomic mass is 79.9. The Balaban J connectivity index is 0.000000295. The molecule has 1 N–H and O–H groups in total. The van der Waals surface area contributed by atoms with E-state index in [1.165, 1.54) is 15.6 Å². The lowest BCUT2D eigenvalue weighted by Crippen LogP contribution is -2.42. The maximum absolute atomic E-state index is 9.60. The molecule has 124 valence electrons. The number of nitrogens with one attached hydrogen (secondary N) is 1. The number of halogens is 1. The predicted molar refractivity (Wildman–Crippen MR) is 93.9 cm³/mol. The molecule has 1 saturated heterocycles. The summed E-state index contributed by atoms with van der Waals surface area (Å²) in [6.45, 7) is 13.7. The fraction of sp³-hybridized carbons (Fsp3) is 0.588. The van der Waals surface area contributed by atoms with Crippen molar-refractivity contribution in [3.05, 3.63) is 33.8 Å². The van der Waals surface area contributed by atoms with Crippen molar-refractivity contribution < 1.29 is 9.53 Å². The van der Waals surface area contributed by atoms with E-state index in [1.807, 2.05) is 20.8 Å². The Hall–Kier alpha value is -0.910. The molecule has 1 aliphatic rings. The van der Waals surface area contributed by atoms with E-state index in [4.69, 9.17) is 0 Å². The number of nitrogens with zero attached hydrogens (tertiary/aromatic N) is 1. The molecular weight excluding hydrogens is 344 g/mol. The first-order valence-corrected chi connectivity index (χ1v) is 8.41. The number of rotatable bonds is 3. The zero-order chi connectivity index (χ0) is 16.6. The van der Waals surface area contributed by atoms with Crippen molar-refractivity contribution in [2.45, 2.75) is 39.8 Å². The minimum atomic E-state index is -0.318. The summed E-state index contributed by atoms with van der Waals surface area (Å²) in [5.74, 6) is 0. The second kappa shape index (κ2) is 9.28. The number of ether oxygens (including phenoxy) is 1. The molecule has 0 aromatic heterocycles. The normalized spacial score (nSPS) is 15.7. The number of carbonyl (C=O) groups excluding carboxylic acids is 1. The molecule has 4 nitrogen and oxygen atoms in total. The van der Waals surface area contributed by atoms with Gasteiger partial charge in [0, 0.05) is 37.2 Å². The highest BCUT2D eigenvalue weighted by molar-refractivity contribution is 9.10. The van der Waals surface area contributed by atoms with Gasteiger partial charge in [-0.2, -0.15) is 0 Å². The molecule has 0 radical (unpaired) electrons. The lowest BCUT2D eigenvalue weighted by atomic mass is 10.1. The SMILES string of the molecule is CC(C)(C)OC=O.Cc1c(Br)cccc1CN1CCNCC1. The molecule has 0 aliphatic carbocycles. The van der Waals surface area contributed by atoms with Crippen LogP contribution in [0.3, 0.4) is 0 Å². The third kappa shape index (κ3) is 7.38. The minimum absolute atomic E-state index is 0.318. The first kappa shape index (κ1) is 19.1. The zero-order valence-electron chi connectivity index (χ0n) is 14.0. The van der Waals surface area contributed by atoms with Crippen LogP contribution in [0.2, 0.25) is 0 Å². The van der Waals surface area contributed by atoms with E-state index in [1.54, 1.807) is 0 Å². The molecule has 0 spiro atoms. The van der Waals surface area contributed by atoms with Crippen molar-refractivity contribution in [3.8, 4) is 0 Å². The molecule has 2 rings (SSSR count). The van der Waals surface area contributed by atoms with E-state index in [0.29, 0.717) is 6.47 Å². The van der Waals surface area contributed by atoms with Crippen molar-refractivity contribution in [1.82, 2.24) is 10.2 Å². The van der Waals surface area contributed by atoms with Crippen molar-refractivity contribution in [1.29, 1.82) is 0 Å². The average Bonchev–Trinajstić information content (AvgIpc) is 2.44. The Morgan fingerprint density at radius 1 is 1.32 bits per heavy atom. The molecular formula is C17H27BrN2O2. The monoisotopic (exact) mass is 370 g/mol. The molecule has 0 bridgehead atoms. The summed E-state index contributed by atoms with van der Waals surface area (Å²) < 4.78 is 5.77. The molecule has 0 atom stereocenters. The van der Waals surface area contributed by atoms with Crippen molar-refractivity contribution >= 4 is 22.4 Å². The van der Waals surface area contributed by atoms with Crippen LogP contribution in [-0.4, -0.2) is 43.2 Å². The van der Waals surface area contributed by atoms with E-state index < -0.39 is 0 Å². The summed E-state index contributed by atoms with van der Waals surface area (Å²) in [5.41, 5.74) is 2.49. The summed E-state index contributed by atoms with van der Waals surface area (Å²) in [4.78, 5) is 12.1. The molecule has 1 aliphatic heterocycles. The fourth-order valence-corrected chi connectivity index (χ4v) is 2.49. The van der Waals surface area contributed by atoms with Crippen LogP contribution in [0.1, 0.15) is 31.9 Å². The van der Waals surface area contributed by atoms with Gasteiger partial charge in [0.05, 0.1) is 0 Å². The molecule has 22 heavy (non-hydrogen) atoms. The summed E-state index contributed by atoms with van der Waals surface area (Å²) >= 11 is 3.58. The predicted octanol–water partition coefficient (Wildman–Crippen LogP) is 3.12. The quantitative estimate of drug-likeness (QED) is 0.829. The minimum Gasteiger partial charge on any atom is -0.462 e. The van der Waals surface area contributed by atoms with Crippen LogP contribution in [0.4, 0.5) is 0 Å². The van der Waals surface area contributed by atoms with Crippen LogP contribution in [0.15, 0.2) is 22.7 Å². The number of benzene rings is 1. The smallest absolute Gasteiger partial charge is 0.293 e. The van der Waals surface area contributed by atoms with Crippen molar-refractivity contribution in [3.63, 3.8) is 0 Å². The molecule has 1 aromatic rings. The average molecular weight is 371 g/mol. The van der Waals surface area contributed by atoms with Crippen LogP contribution in [0.25, 0.3) is 0 Å². The Morgan fingerprint density at radius 3 is 2.45 bits per heavy atom. The van der Waals surface area contributed by atoms with E-state index in [2.05, 4.69) is 56.0 Å². The van der Waals surface area contributed by atoms with Gasteiger partial charge in [-0.15, -0.1) is 0 Å². The van der Waals surface area contributed by atoms with Gasteiger partial charge >= 0.3 is 0 Å². The number of hydrogen-bond acceptors (Lipinski definition) is 4. The lowest BCUT2D eigenvalue weighted by molar-refractivity contribution is -0.138. The molecule has 1 heterocycles. The van der Waals surface area contributed by atoms with E-state index in [-0.39, 0.29) is 5.60 Å². The molecule has 5 heteroatoms. The topological polar surface area (TPSA) is 41.6 Å². The van der Waals surface area contributed by atoms with Crippen LogP contribution in [0, 0.1) is 6.92 Å². The molecule has 0 amide bonds. The standard InChI is InChI=1S/C12H17BrN2.C5H10O2/c1-10-11(3-2-4-12(10)13)9-15-7-5-14-6-8-15;1-5(2,3)7-4-6/h2-4,14H,5-9H2,1H3;4H,1-3H3. The van der Waals surface area contributed by atoms with E-state index >= 15 is 0 Å². The van der Waals surface area contributed by atoms with Crippen molar-refractivity contribution in [2.24, 2.45) is 0 Å². The first-order chi connectivity index (χ1) is 10.3. The Morgan fingerprint density at radius 2 is 1.95 bits per heavy atom. The summed E-state index contributed by atoms with van der Waals surface area (Å²) in [5, 5.41) is 3.38. The fourth-order valence-electron chi connectivity index (χ4n) is 2.08. The van der Waals surface area contributed by atoms with Gasteiger partial charge in [0.2, 0.25) is 0 Å². The summed E-state index contributed by atoms with van der Waals surface area (Å²) in [6, 6.07) is 6.45. The van der Waals surface area contributed by atoms with Gasteiger partial charge in [-0.05, 0) is 44.9 Å². The van der Waals surface area contributed by atoms with E-state index in [9.17, 15) is 4.79 Å². The largest absolute Gasteiger partial charge is 0.462 e. The molecule has 0 unspecified atom stereocenters. The Bertz CT molecular complexity index is 466. The second-order valence-corrected chi connectivity index (χ2v) is 7.23. The van der Waals surface area contributed by atoms with Crippen LogP contribution in [0.5, 0.6) is 0 Å². The van der Waals surface area contributed by atoms with Gasteiger partial charge in [0.1, 0.15) is 5.60 Å². The van der Waals surface area contributed by atoms with Crippen LogP contribution < -0.4 is 5.32 Å². The highest BCUT2D eigenvalue weighted by Crippen LogP contribution is 2.20. The summed E-state index contributed by atoms with van der Waals surface area (Å²) in [6.07, 6.45) is 0.